The van der Waals surface area contributed by atoms with Crippen molar-refractivity contribution >= 4 is 5.91 Å². The average Bonchev–Trinajstić information content (AvgIpc) is 2.73. The summed E-state index contributed by atoms with van der Waals surface area (Å²) < 4.78 is 5.73. The number of fused-ring (bicyclic) bond motifs is 1. The van der Waals surface area contributed by atoms with Crippen LogP contribution in [0.15, 0.2) is 65.5 Å². The fourth-order valence-corrected chi connectivity index (χ4v) is 3.43. The zero-order valence-corrected chi connectivity index (χ0v) is 15.5. The Kier molecular flexibility index (Phi) is 5.24. The molecule has 1 aromatic heterocycles. The van der Waals surface area contributed by atoms with Gasteiger partial charge >= 0.3 is 0 Å². The van der Waals surface area contributed by atoms with Crippen LogP contribution < -0.4 is 15.6 Å². The van der Waals surface area contributed by atoms with E-state index in [-0.39, 0.29) is 18.0 Å². The van der Waals surface area contributed by atoms with Gasteiger partial charge in [0, 0.05) is 23.4 Å². The van der Waals surface area contributed by atoms with Gasteiger partial charge in [-0.1, -0.05) is 18.2 Å². The quantitative estimate of drug-likeness (QED) is 0.710. The Hall–Kier alpha value is -3.34. The smallest absolute Gasteiger partial charge is 0.253 e. The number of hydrogen-bond donors (Lipinski definition) is 2. The lowest BCUT2D eigenvalue weighted by Gasteiger charge is -2.16. The summed E-state index contributed by atoms with van der Waals surface area (Å²) in [5.41, 5.74) is 3.23. The van der Waals surface area contributed by atoms with Crippen LogP contribution >= 0.6 is 0 Å². The molecule has 0 unspecified atom stereocenters. The highest BCUT2D eigenvalue weighted by atomic mass is 16.5. The van der Waals surface area contributed by atoms with Crippen molar-refractivity contribution in [1.29, 1.82) is 0 Å². The minimum absolute atomic E-state index is 0.118. The van der Waals surface area contributed by atoms with Crippen molar-refractivity contribution in [3.8, 4) is 11.5 Å². The van der Waals surface area contributed by atoms with Crippen LogP contribution in [0.25, 0.3) is 0 Å². The van der Waals surface area contributed by atoms with Gasteiger partial charge in [-0.3, -0.25) is 9.59 Å². The number of nitrogens with one attached hydrogen (secondary N) is 2. The molecule has 5 heteroatoms. The van der Waals surface area contributed by atoms with Crippen molar-refractivity contribution in [3.05, 3.63) is 93.4 Å². The maximum Gasteiger partial charge on any atom is 0.253 e. The number of ether oxygens (including phenoxy) is 1. The van der Waals surface area contributed by atoms with E-state index in [0.717, 1.165) is 37.1 Å². The van der Waals surface area contributed by atoms with Gasteiger partial charge in [0.2, 0.25) is 0 Å². The summed E-state index contributed by atoms with van der Waals surface area (Å²) >= 11 is 0. The van der Waals surface area contributed by atoms with Gasteiger partial charge in [-0.15, -0.1) is 0 Å². The highest BCUT2D eigenvalue weighted by molar-refractivity contribution is 5.94. The number of aromatic nitrogens is 1. The van der Waals surface area contributed by atoms with E-state index in [0.29, 0.717) is 16.9 Å². The molecule has 28 heavy (non-hydrogen) atoms. The number of pyridine rings is 1. The Morgan fingerprint density at radius 1 is 0.964 bits per heavy atom. The largest absolute Gasteiger partial charge is 0.457 e. The van der Waals surface area contributed by atoms with Crippen molar-refractivity contribution in [2.75, 3.05) is 0 Å². The summed E-state index contributed by atoms with van der Waals surface area (Å²) in [5.74, 6) is 1.18. The zero-order chi connectivity index (χ0) is 19.3. The second-order valence-electron chi connectivity index (χ2n) is 6.96. The lowest BCUT2D eigenvalue weighted by Crippen LogP contribution is -2.28. The van der Waals surface area contributed by atoms with Crippen molar-refractivity contribution in [2.24, 2.45) is 0 Å². The fourth-order valence-electron chi connectivity index (χ4n) is 3.43. The number of carbonyl (C=O) groups excluding carboxylic acids is 1. The number of aromatic amines is 1. The summed E-state index contributed by atoms with van der Waals surface area (Å²) in [6.45, 7) is 0.212. The molecule has 5 nitrogen and oxygen atoms in total. The summed E-state index contributed by atoms with van der Waals surface area (Å²) in [6.07, 6.45) is 4.16. The van der Waals surface area contributed by atoms with Crippen molar-refractivity contribution in [2.45, 2.75) is 32.2 Å². The number of rotatable bonds is 5. The second kappa shape index (κ2) is 8.13. The third-order valence-corrected chi connectivity index (χ3v) is 4.95. The second-order valence-corrected chi connectivity index (χ2v) is 6.96. The van der Waals surface area contributed by atoms with Crippen LogP contribution in [0.4, 0.5) is 0 Å². The predicted molar refractivity (Wildman–Crippen MR) is 108 cm³/mol. The Morgan fingerprint density at radius 2 is 1.68 bits per heavy atom. The molecule has 142 valence electrons. The number of hydrogen-bond acceptors (Lipinski definition) is 3. The van der Waals surface area contributed by atoms with Crippen molar-refractivity contribution in [1.82, 2.24) is 10.3 Å². The number of carbonyl (C=O) groups is 1. The Labute approximate surface area is 163 Å². The third-order valence-electron chi connectivity index (χ3n) is 4.95. The average molecular weight is 374 g/mol. The molecule has 1 amide bonds. The molecular formula is C23H22N2O3. The Bertz CT molecular complexity index is 1020. The predicted octanol–water partition coefficient (Wildman–Crippen LogP) is 3.98. The van der Waals surface area contributed by atoms with Gasteiger partial charge < -0.3 is 15.0 Å². The highest BCUT2D eigenvalue weighted by Crippen LogP contribution is 2.21. The molecule has 0 bridgehead atoms. The molecule has 1 aliphatic rings. The molecule has 4 rings (SSSR count). The first-order valence-corrected chi connectivity index (χ1v) is 9.54. The standard InChI is InChI=1S/C23H22N2O3/c26-22(16-10-12-20(13-11-16)28-19-7-2-1-3-8-19)24-15-18-14-17-6-4-5-9-21(17)25-23(18)27/h1-3,7-8,10-14H,4-6,9,15H2,(H,24,26)(H,25,27). The number of amides is 1. The normalized spacial score (nSPS) is 12.9. The van der Waals surface area contributed by atoms with E-state index in [1.807, 2.05) is 36.4 Å². The number of aryl methyl sites for hydroxylation is 2. The molecule has 1 heterocycles. The lowest BCUT2D eigenvalue weighted by atomic mass is 9.95. The molecule has 0 fully saturated rings. The summed E-state index contributed by atoms with van der Waals surface area (Å²) in [7, 11) is 0. The van der Waals surface area contributed by atoms with Gasteiger partial charge in [-0.2, -0.15) is 0 Å². The maximum atomic E-state index is 12.4. The molecule has 0 radical (unpaired) electrons. The third kappa shape index (κ3) is 4.14. The summed E-state index contributed by atoms with van der Waals surface area (Å²) in [4.78, 5) is 27.6. The summed E-state index contributed by atoms with van der Waals surface area (Å²) in [5, 5.41) is 2.83. The molecule has 0 aliphatic heterocycles. The Balaban J connectivity index is 1.39. The molecule has 1 aliphatic carbocycles. The van der Waals surface area contributed by atoms with E-state index in [1.54, 1.807) is 24.3 Å². The van der Waals surface area contributed by atoms with E-state index in [9.17, 15) is 9.59 Å². The molecule has 3 aromatic rings. The first-order valence-electron chi connectivity index (χ1n) is 9.54. The SMILES string of the molecule is O=C(NCc1cc2c([nH]c1=O)CCCC2)c1ccc(Oc2ccccc2)cc1. The highest BCUT2D eigenvalue weighted by Gasteiger charge is 2.13. The van der Waals surface area contributed by atoms with Crippen LogP contribution in [0.5, 0.6) is 11.5 Å². The minimum atomic E-state index is -0.219. The minimum Gasteiger partial charge on any atom is -0.457 e. The molecule has 2 aromatic carbocycles. The van der Waals surface area contributed by atoms with E-state index >= 15 is 0 Å². The lowest BCUT2D eigenvalue weighted by molar-refractivity contribution is 0.0950. The summed E-state index contributed by atoms with van der Waals surface area (Å²) in [6, 6.07) is 18.3. The molecule has 2 N–H and O–H groups in total. The van der Waals surface area contributed by atoms with Gasteiger partial charge in [0.1, 0.15) is 11.5 Å². The number of benzene rings is 2. The van der Waals surface area contributed by atoms with Gasteiger partial charge in [-0.25, -0.2) is 0 Å². The Morgan fingerprint density at radius 3 is 2.46 bits per heavy atom. The fraction of sp³-hybridized carbons (Fsp3) is 0.217. The molecular weight excluding hydrogens is 352 g/mol. The maximum absolute atomic E-state index is 12.4. The van der Waals surface area contributed by atoms with Crippen LogP contribution in [0, 0.1) is 0 Å². The van der Waals surface area contributed by atoms with E-state index in [4.69, 9.17) is 4.74 Å². The number of H-pyrrole nitrogens is 1. The van der Waals surface area contributed by atoms with Crippen LogP contribution in [0.1, 0.15) is 40.0 Å². The van der Waals surface area contributed by atoms with Gasteiger partial charge in [0.15, 0.2) is 0 Å². The van der Waals surface area contributed by atoms with Gasteiger partial charge in [0.05, 0.1) is 0 Å². The first-order chi connectivity index (χ1) is 13.7. The zero-order valence-electron chi connectivity index (χ0n) is 15.5. The van der Waals surface area contributed by atoms with Crippen molar-refractivity contribution in [3.63, 3.8) is 0 Å². The number of para-hydroxylation sites is 1. The molecule has 0 saturated heterocycles. The molecule has 0 atom stereocenters. The van der Waals surface area contributed by atoms with Gasteiger partial charge in [-0.05, 0) is 73.7 Å². The van der Waals surface area contributed by atoms with E-state index in [2.05, 4.69) is 10.3 Å². The topological polar surface area (TPSA) is 71.2 Å². The van der Waals surface area contributed by atoms with Crippen LogP contribution in [-0.4, -0.2) is 10.9 Å². The van der Waals surface area contributed by atoms with Crippen LogP contribution in [0.3, 0.4) is 0 Å². The van der Waals surface area contributed by atoms with Crippen LogP contribution in [0.2, 0.25) is 0 Å². The van der Waals surface area contributed by atoms with Gasteiger partial charge in [0.25, 0.3) is 11.5 Å². The van der Waals surface area contributed by atoms with E-state index in [1.165, 1.54) is 5.56 Å². The molecule has 0 saturated carbocycles. The van der Waals surface area contributed by atoms with Crippen molar-refractivity contribution < 1.29 is 9.53 Å². The van der Waals surface area contributed by atoms with Crippen LogP contribution in [-0.2, 0) is 19.4 Å². The first kappa shape index (κ1) is 18.0. The molecule has 0 spiro atoms. The van der Waals surface area contributed by atoms with E-state index < -0.39 is 0 Å². The monoisotopic (exact) mass is 374 g/mol.